The summed E-state index contributed by atoms with van der Waals surface area (Å²) in [4.78, 5) is -0.484. The predicted molar refractivity (Wildman–Crippen MR) is 114 cm³/mol. The van der Waals surface area contributed by atoms with E-state index in [1.807, 2.05) is 0 Å². The number of halogens is 4. The molecule has 2 aromatic rings. The van der Waals surface area contributed by atoms with Crippen molar-refractivity contribution >= 4 is 66.5 Å². The lowest BCUT2D eigenvalue weighted by atomic mass is 10.4. The summed E-state index contributed by atoms with van der Waals surface area (Å²) >= 11 is 23.6. The molecule has 13 heteroatoms. The Morgan fingerprint density at radius 3 is 1.90 bits per heavy atom. The molecule has 0 fully saturated rings. The van der Waals surface area contributed by atoms with Gasteiger partial charge in [0, 0.05) is 29.7 Å². The van der Waals surface area contributed by atoms with Crippen LogP contribution in [0.5, 0.6) is 0 Å². The van der Waals surface area contributed by atoms with Crippen molar-refractivity contribution in [1.82, 2.24) is 9.03 Å². The molecule has 0 unspecified atom stereocenters. The fourth-order valence-electron chi connectivity index (χ4n) is 2.34. The lowest BCUT2D eigenvalue weighted by Crippen LogP contribution is -2.40. The molecule has 0 heterocycles. The highest BCUT2D eigenvalue weighted by molar-refractivity contribution is 7.89. The average molecular weight is 522 g/mol. The summed E-state index contributed by atoms with van der Waals surface area (Å²) < 4.78 is 53.8. The molecule has 29 heavy (non-hydrogen) atoms. The zero-order valence-electron chi connectivity index (χ0n) is 14.6. The highest BCUT2D eigenvalue weighted by atomic mass is 35.5. The Balaban J connectivity index is 2.21. The topological polar surface area (TPSA) is 104 Å². The molecule has 0 radical (unpaired) electrons. The Labute approximate surface area is 189 Å². The van der Waals surface area contributed by atoms with Crippen molar-refractivity contribution in [3.05, 3.63) is 56.5 Å². The second-order valence-corrected chi connectivity index (χ2v) is 11.0. The van der Waals surface area contributed by atoms with Crippen LogP contribution in [-0.2, 0) is 20.0 Å². The molecule has 0 amide bonds. The van der Waals surface area contributed by atoms with Crippen LogP contribution in [0, 0.1) is 0 Å². The molecule has 0 saturated carbocycles. The van der Waals surface area contributed by atoms with Gasteiger partial charge in [-0.15, -0.1) is 0 Å². The van der Waals surface area contributed by atoms with E-state index in [1.54, 1.807) is 0 Å². The van der Waals surface area contributed by atoms with Crippen molar-refractivity contribution in [3.63, 3.8) is 0 Å². The van der Waals surface area contributed by atoms with Crippen LogP contribution in [0.15, 0.2) is 46.2 Å². The zero-order chi connectivity index (χ0) is 21.8. The zero-order valence-corrected chi connectivity index (χ0v) is 19.3. The maximum atomic E-state index is 12.9. The number of nitrogens with zero attached hydrogens (tertiary/aromatic N) is 1. The van der Waals surface area contributed by atoms with Crippen molar-refractivity contribution in [2.45, 2.75) is 9.79 Å². The summed E-state index contributed by atoms with van der Waals surface area (Å²) in [6.45, 7) is -1.32. The summed E-state index contributed by atoms with van der Waals surface area (Å²) in [5.41, 5.74) is 0. The number of hydrogen-bond acceptors (Lipinski definition) is 5. The van der Waals surface area contributed by atoms with Crippen LogP contribution in [0.1, 0.15) is 0 Å². The van der Waals surface area contributed by atoms with Crippen molar-refractivity contribution in [2.24, 2.45) is 0 Å². The van der Waals surface area contributed by atoms with Gasteiger partial charge in [0.1, 0.15) is 9.79 Å². The Morgan fingerprint density at radius 1 is 0.828 bits per heavy atom. The second-order valence-electron chi connectivity index (χ2n) is 5.67. The predicted octanol–water partition coefficient (Wildman–Crippen LogP) is 3.26. The van der Waals surface area contributed by atoms with Crippen LogP contribution in [0.25, 0.3) is 0 Å². The first kappa shape index (κ1) is 24.6. The van der Waals surface area contributed by atoms with Crippen LogP contribution in [0.2, 0.25) is 20.1 Å². The minimum Gasteiger partial charge on any atom is -0.395 e. The quantitative estimate of drug-likeness (QED) is 0.527. The lowest BCUT2D eigenvalue weighted by molar-refractivity contribution is 0.254. The Morgan fingerprint density at radius 2 is 1.34 bits per heavy atom. The van der Waals surface area contributed by atoms with Crippen LogP contribution < -0.4 is 4.72 Å². The van der Waals surface area contributed by atoms with Gasteiger partial charge < -0.3 is 5.11 Å². The molecule has 0 saturated heterocycles. The number of aliphatic hydroxyl groups excluding tert-OH is 1. The standard InChI is InChI=1S/C16H16Cl4N2O5S2/c17-11-1-3-13(19)15(9-11)28(24,25)21-5-6-22(7-8-23)29(26,27)16-10-12(18)2-4-14(16)20/h1-4,9-10,21,23H,5-8H2. The molecule has 0 aromatic heterocycles. The van der Waals surface area contributed by atoms with E-state index in [4.69, 9.17) is 46.4 Å². The SMILES string of the molecule is O=S(=O)(NCCN(CCO)S(=O)(=O)c1cc(Cl)ccc1Cl)c1cc(Cl)ccc1Cl. The second kappa shape index (κ2) is 10.1. The van der Waals surface area contributed by atoms with Crippen molar-refractivity contribution in [2.75, 3.05) is 26.2 Å². The van der Waals surface area contributed by atoms with Crippen LogP contribution >= 0.6 is 46.4 Å². The maximum absolute atomic E-state index is 12.9. The van der Waals surface area contributed by atoms with Crippen molar-refractivity contribution in [3.8, 4) is 0 Å². The molecule has 2 N–H and O–H groups in total. The van der Waals surface area contributed by atoms with E-state index in [9.17, 15) is 21.9 Å². The first-order valence-electron chi connectivity index (χ1n) is 8.00. The van der Waals surface area contributed by atoms with E-state index in [0.29, 0.717) is 0 Å². The van der Waals surface area contributed by atoms with Gasteiger partial charge in [-0.3, -0.25) is 0 Å². The molecule has 2 aromatic carbocycles. The number of benzene rings is 2. The van der Waals surface area contributed by atoms with E-state index >= 15 is 0 Å². The van der Waals surface area contributed by atoms with E-state index in [0.717, 1.165) is 4.31 Å². The van der Waals surface area contributed by atoms with E-state index in [2.05, 4.69) is 4.72 Å². The fourth-order valence-corrected chi connectivity index (χ4v) is 6.29. The van der Waals surface area contributed by atoms with Crippen molar-refractivity contribution in [1.29, 1.82) is 0 Å². The summed E-state index contributed by atoms with van der Waals surface area (Å²) in [6.07, 6.45) is 0. The van der Waals surface area contributed by atoms with Gasteiger partial charge in [0.25, 0.3) is 0 Å². The molecule has 0 aliphatic heterocycles. The van der Waals surface area contributed by atoms with Gasteiger partial charge >= 0.3 is 0 Å². The largest absolute Gasteiger partial charge is 0.395 e. The maximum Gasteiger partial charge on any atom is 0.244 e. The number of hydrogen-bond donors (Lipinski definition) is 2. The van der Waals surface area contributed by atoms with E-state index < -0.39 is 26.7 Å². The molecule has 7 nitrogen and oxygen atoms in total. The monoisotopic (exact) mass is 520 g/mol. The number of sulfonamides is 2. The van der Waals surface area contributed by atoms with Crippen LogP contribution in [0.4, 0.5) is 0 Å². The molecule has 0 aliphatic carbocycles. The number of nitrogens with one attached hydrogen (secondary N) is 1. The Hall–Kier alpha value is -0.620. The average Bonchev–Trinajstić information content (AvgIpc) is 2.64. The molecular weight excluding hydrogens is 506 g/mol. The molecule has 0 atom stereocenters. The normalized spacial score (nSPS) is 12.5. The lowest BCUT2D eigenvalue weighted by Gasteiger charge is -2.22. The van der Waals surface area contributed by atoms with Crippen molar-refractivity contribution < 1.29 is 21.9 Å². The van der Waals surface area contributed by atoms with Gasteiger partial charge in [-0.25, -0.2) is 21.6 Å². The van der Waals surface area contributed by atoms with Crippen LogP contribution in [0.3, 0.4) is 0 Å². The number of aliphatic hydroxyl groups is 1. The van der Waals surface area contributed by atoms with Gasteiger partial charge in [-0.05, 0) is 36.4 Å². The Bertz CT molecular complexity index is 1090. The Kier molecular flexibility index (Phi) is 8.61. The number of rotatable bonds is 9. The third kappa shape index (κ3) is 6.19. The first-order valence-corrected chi connectivity index (χ1v) is 12.4. The van der Waals surface area contributed by atoms with E-state index in [1.165, 1.54) is 36.4 Å². The third-order valence-corrected chi connectivity index (χ3v) is 8.49. The first-order chi connectivity index (χ1) is 13.5. The minimum atomic E-state index is -4.14. The highest BCUT2D eigenvalue weighted by Gasteiger charge is 2.27. The minimum absolute atomic E-state index is 0.0348. The fraction of sp³-hybridized carbons (Fsp3) is 0.250. The smallest absolute Gasteiger partial charge is 0.244 e. The summed E-state index contributed by atoms with van der Waals surface area (Å²) in [5.74, 6) is 0. The van der Waals surface area contributed by atoms with E-state index in [-0.39, 0.29) is 49.5 Å². The van der Waals surface area contributed by atoms with Gasteiger partial charge in [-0.2, -0.15) is 4.31 Å². The third-order valence-electron chi connectivity index (χ3n) is 3.70. The molecule has 0 aliphatic rings. The summed E-state index contributed by atoms with van der Waals surface area (Å²) in [5, 5.41) is 9.49. The van der Waals surface area contributed by atoms with Crippen LogP contribution in [-0.4, -0.2) is 52.5 Å². The van der Waals surface area contributed by atoms with Gasteiger partial charge in [0.2, 0.25) is 20.0 Å². The molecule has 0 spiro atoms. The highest BCUT2D eigenvalue weighted by Crippen LogP contribution is 2.28. The van der Waals surface area contributed by atoms with Gasteiger partial charge in [-0.1, -0.05) is 46.4 Å². The van der Waals surface area contributed by atoms with Gasteiger partial charge in [0.05, 0.1) is 16.7 Å². The molecular formula is C16H16Cl4N2O5S2. The molecule has 2 rings (SSSR count). The molecule has 160 valence electrons. The summed E-state index contributed by atoms with van der Waals surface area (Å²) in [7, 11) is -8.19. The molecule has 0 bridgehead atoms. The summed E-state index contributed by atoms with van der Waals surface area (Å²) in [6, 6.07) is 7.90. The van der Waals surface area contributed by atoms with Gasteiger partial charge in [0.15, 0.2) is 0 Å².